The third kappa shape index (κ3) is 2.96. The fourth-order valence-electron chi connectivity index (χ4n) is 3.90. The predicted molar refractivity (Wildman–Crippen MR) is 104 cm³/mol. The first-order valence-electron chi connectivity index (χ1n) is 9.25. The van der Waals surface area contributed by atoms with Gasteiger partial charge < -0.3 is 10.1 Å². The third-order valence-electron chi connectivity index (χ3n) is 5.45. The maximum atomic E-state index is 12.9. The Labute approximate surface area is 164 Å². The molecule has 0 saturated carbocycles. The molecule has 150 valence electrons. The number of aromatic nitrogens is 4. The smallest absolute Gasteiger partial charge is 0.390 e. The van der Waals surface area contributed by atoms with E-state index in [4.69, 9.17) is 0 Å². The van der Waals surface area contributed by atoms with Gasteiger partial charge in [0.25, 0.3) is 5.52 Å². The number of imidazole rings is 1. The van der Waals surface area contributed by atoms with Gasteiger partial charge in [-0.1, -0.05) is 17.1 Å². The molecular weight excluding hydrogens is 378 g/mol. The number of aryl methyl sites for hydroxylation is 3. The molecule has 0 atom stereocenters. The van der Waals surface area contributed by atoms with E-state index < -0.39 is 28.7 Å². The summed E-state index contributed by atoms with van der Waals surface area (Å²) >= 11 is 0. The summed E-state index contributed by atoms with van der Waals surface area (Å²) in [5.41, 5.74) is 1.11. The molecule has 2 heterocycles. The number of carbonyl (C=O) groups is 1. The van der Waals surface area contributed by atoms with Gasteiger partial charge in [-0.05, 0) is 47.8 Å². The molecule has 29 heavy (non-hydrogen) atoms. The van der Waals surface area contributed by atoms with Crippen molar-refractivity contribution in [1.29, 1.82) is 0 Å². The quantitative estimate of drug-likeness (QED) is 0.369. The highest BCUT2D eigenvalue weighted by Crippen LogP contribution is 2.24. The number of benzene rings is 1. The molecule has 4 rings (SSSR count). The molecule has 1 aliphatic carbocycles. The summed E-state index contributed by atoms with van der Waals surface area (Å²) in [6, 6.07) is 5.48. The van der Waals surface area contributed by atoms with Crippen LogP contribution in [0.5, 0.6) is 0 Å². The van der Waals surface area contributed by atoms with Crippen molar-refractivity contribution in [2.75, 3.05) is 0 Å². The second-order valence-electron chi connectivity index (χ2n) is 7.25. The van der Waals surface area contributed by atoms with Crippen LogP contribution in [0.4, 0.5) is 5.95 Å². The van der Waals surface area contributed by atoms with Crippen LogP contribution in [0, 0.1) is 10.1 Å². The van der Waals surface area contributed by atoms with Crippen molar-refractivity contribution in [2.45, 2.75) is 32.2 Å². The minimum Gasteiger partial charge on any atom is -0.390 e. The first kappa shape index (κ1) is 18.8. The van der Waals surface area contributed by atoms with Crippen molar-refractivity contribution >= 4 is 22.9 Å². The molecule has 0 fully saturated rings. The minimum atomic E-state index is -0.760. The highest BCUT2D eigenvalue weighted by atomic mass is 16.6. The van der Waals surface area contributed by atoms with E-state index in [0.29, 0.717) is 5.56 Å². The van der Waals surface area contributed by atoms with Crippen LogP contribution in [0.15, 0.2) is 27.8 Å². The van der Waals surface area contributed by atoms with Gasteiger partial charge in [-0.3, -0.25) is 18.7 Å². The Hall–Kier alpha value is -3.56. The van der Waals surface area contributed by atoms with Crippen molar-refractivity contribution in [1.82, 2.24) is 18.7 Å². The maximum Gasteiger partial charge on any atom is 0.437 e. The summed E-state index contributed by atoms with van der Waals surface area (Å²) in [5, 5.41) is 11.5. The molecule has 0 N–H and O–H groups in total. The van der Waals surface area contributed by atoms with E-state index in [1.165, 1.54) is 19.7 Å². The van der Waals surface area contributed by atoms with Gasteiger partial charge in [0.05, 0.1) is 0 Å². The molecule has 3 aromatic rings. The number of hydrogen-bond acceptors (Lipinski definition) is 6. The van der Waals surface area contributed by atoms with E-state index in [0.717, 1.165) is 44.9 Å². The lowest BCUT2D eigenvalue weighted by molar-refractivity contribution is -0.396. The normalized spacial score (nSPS) is 13.4. The molecule has 0 saturated heterocycles. The molecule has 0 bridgehead atoms. The Balaban J connectivity index is 1.84. The number of nitro groups is 1. The zero-order valence-corrected chi connectivity index (χ0v) is 16.0. The fraction of sp³-hybridized carbons (Fsp3) is 0.368. The Morgan fingerprint density at radius 3 is 2.52 bits per heavy atom. The first-order chi connectivity index (χ1) is 13.8. The number of rotatable bonds is 4. The van der Waals surface area contributed by atoms with Gasteiger partial charge in [0.2, 0.25) is 5.65 Å². The van der Waals surface area contributed by atoms with Gasteiger partial charge in [-0.25, -0.2) is 4.79 Å². The lowest BCUT2D eigenvalue weighted by atomic mass is 9.90. The van der Waals surface area contributed by atoms with E-state index in [2.05, 4.69) is 4.98 Å². The van der Waals surface area contributed by atoms with Gasteiger partial charge in [0.1, 0.15) is 6.54 Å². The second-order valence-corrected chi connectivity index (χ2v) is 7.25. The summed E-state index contributed by atoms with van der Waals surface area (Å²) in [7, 11) is 2.66. The monoisotopic (exact) mass is 397 g/mol. The molecule has 0 aliphatic heterocycles. The van der Waals surface area contributed by atoms with Crippen LogP contribution >= 0.6 is 0 Å². The number of ketones is 1. The van der Waals surface area contributed by atoms with Crippen LogP contribution < -0.4 is 11.2 Å². The molecule has 10 nitrogen and oxygen atoms in total. The fourth-order valence-corrected chi connectivity index (χ4v) is 3.90. The Bertz CT molecular complexity index is 1300. The lowest BCUT2D eigenvalue weighted by Gasteiger charge is -2.16. The largest absolute Gasteiger partial charge is 0.437 e. The first-order valence-corrected chi connectivity index (χ1v) is 9.25. The molecule has 0 unspecified atom stereocenters. The topological polar surface area (TPSA) is 122 Å². The maximum absolute atomic E-state index is 12.9. The molecule has 0 radical (unpaired) electrons. The standard InChI is InChI=1S/C19H19N5O5/c1-21-16-15(17(26)22(2)19(21)27)20-18(24(28)29)23(16)10-14(25)13-8-7-11-5-3-4-6-12(11)9-13/h7-9H,3-6,10H2,1-2H3. The molecule has 1 aromatic carbocycles. The minimum absolute atomic E-state index is 0.0453. The highest BCUT2D eigenvalue weighted by Gasteiger charge is 2.29. The SMILES string of the molecule is Cn1c(=O)c2nc([N+](=O)[O-])n(CC(=O)c3ccc4c(c3)CCCC4)c2n(C)c1=O. The molecule has 1 aliphatic rings. The second kappa shape index (κ2) is 6.80. The molecule has 2 aromatic heterocycles. The number of carbonyl (C=O) groups excluding carboxylic acids is 1. The van der Waals surface area contributed by atoms with Crippen molar-refractivity contribution in [3.05, 3.63) is 65.8 Å². The Morgan fingerprint density at radius 2 is 1.83 bits per heavy atom. The lowest BCUT2D eigenvalue weighted by Crippen LogP contribution is -2.37. The van der Waals surface area contributed by atoms with Gasteiger partial charge in [0.15, 0.2) is 5.78 Å². The van der Waals surface area contributed by atoms with Crippen molar-refractivity contribution in [3.8, 4) is 0 Å². The van der Waals surface area contributed by atoms with Gasteiger partial charge in [0, 0.05) is 19.7 Å². The van der Waals surface area contributed by atoms with E-state index in [-0.39, 0.29) is 16.9 Å². The Kier molecular flexibility index (Phi) is 4.40. The Morgan fingerprint density at radius 1 is 1.14 bits per heavy atom. The van der Waals surface area contributed by atoms with Crippen molar-refractivity contribution in [2.24, 2.45) is 14.1 Å². The number of hydrogen-bond donors (Lipinski definition) is 0. The van der Waals surface area contributed by atoms with Crippen LogP contribution in [0.2, 0.25) is 0 Å². The van der Waals surface area contributed by atoms with Gasteiger partial charge in [-0.15, -0.1) is 0 Å². The average Bonchev–Trinajstić information content (AvgIpc) is 3.09. The van der Waals surface area contributed by atoms with Crippen molar-refractivity contribution < 1.29 is 9.72 Å². The van der Waals surface area contributed by atoms with Gasteiger partial charge >= 0.3 is 17.2 Å². The van der Waals surface area contributed by atoms with Crippen LogP contribution in [0.3, 0.4) is 0 Å². The summed E-state index contributed by atoms with van der Waals surface area (Å²) in [6.07, 6.45) is 4.06. The molecule has 0 spiro atoms. The molecular formula is C19H19N5O5. The average molecular weight is 397 g/mol. The van der Waals surface area contributed by atoms with Crippen LogP contribution in [0.1, 0.15) is 34.3 Å². The zero-order chi connectivity index (χ0) is 20.9. The summed E-state index contributed by atoms with van der Waals surface area (Å²) in [4.78, 5) is 52.1. The highest BCUT2D eigenvalue weighted by molar-refractivity contribution is 5.97. The summed E-state index contributed by atoms with van der Waals surface area (Å²) in [6.45, 7) is -0.397. The third-order valence-corrected chi connectivity index (χ3v) is 5.45. The zero-order valence-electron chi connectivity index (χ0n) is 16.0. The van der Waals surface area contributed by atoms with Gasteiger partial charge in [-0.2, -0.15) is 4.57 Å². The van der Waals surface area contributed by atoms with E-state index in [9.17, 15) is 24.5 Å². The van der Waals surface area contributed by atoms with E-state index >= 15 is 0 Å². The van der Waals surface area contributed by atoms with Crippen LogP contribution in [-0.2, 0) is 33.5 Å². The van der Waals surface area contributed by atoms with E-state index in [1.807, 2.05) is 12.1 Å². The summed E-state index contributed by atoms with van der Waals surface area (Å²) in [5.74, 6) is -1.00. The number of fused-ring (bicyclic) bond motifs is 2. The molecule has 10 heteroatoms. The summed E-state index contributed by atoms with van der Waals surface area (Å²) < 4.78 is 2.95. The molecule has 0 amide bonds. The number of nitrogens with zero attached hydrogens (tertiary/aromatic N) is 5. The van der Waals surface area contributed by atoms with Crippen LogP contribution in [0.25, 0.3) is 11.2 Å². The number of Topliss-reactive ketones (excluding diaryl/α,β-unsaturated/α-hetero) is 1. The van der Waals surface area contributed by atoms with Crippen molar-refractivity contribution in [3.63, 3.8) is 0 Å². The predicted octanol–water partition coefficient (Wildman–Crippen LogP) is 1.10. The van der Waals surface area contributed by atoms with Crippen LogP contribution in [-0.4, -0.2) is 29.4 Å². The van der Waals surface area contributed by atoms with E-state index in [1.54, 1.807) is 6.07 Å².